The first-order chi connectivity index (χ1) is 2.94. The largest absolute Gasteiger partial charge is 0.474 e. The van der Waals surface area contributed by atoms with Crippen LogP contribution < -0.4 is 0 Å². The van der Waals surface area contributed by atoms with Crippen molar-refractivity contribution in [3.05, 3.63) is 13.8 Å². The fraction of sp³-hybridized carbons (Fsp3) is 0.400. The predicted octanol–water partition coefficient (Wildman–Crippen LogP) is 0.745. The summed E-state index contributed by atoms with van der Waals surface area (Å²) in [6.07, 6.45) is 0. The summed E-state index contributed by atoms with van der Waals surface area (Å²) in [7, 11) is 0. The van der Waals surface area contributed by atoms with Gasteiger partial charge in [0.15, 0.2) is 0 Å². The van der Waals surface area contributed by atoms with Crippen LogP contribution in [0.15, 0.2) is 0 Å². The molecule has 1 N–H and O–H groups in total. The van der Waals surface area contributed by atoms with E-state index in [2.05, 4.69) is 13.8 Å². The van der Waals surface area contributed by atoms with Crippen LogP contribution in [0.4, 0.5) is 0 Å². The second-order valence-corrected chi connectivity index (χ2v) is 1.87. The van der Waals surface area contributed by atoms with E-state index in [1.807, 2.05) is 0 Å². The lowest BCUT2D eigenvalue weighted by Gasteiger charge is -1.92. The van der Waals surface area contributed by atoms with E-state index in [1.54, 1.807) is 0 Å². The van der Waals surface area contributed by atoms with Crippen molar-refractivity contribution in [2.75, 3.05) is 0 Å². The van der Waals surface area contributed by atoms with E-state index in [4.69, 9.17) is 5.11 Å². The minimum absolute atomic E-state index is 0.979. The first-order valence-corrected chi connectivity index (χ1v) is 1.88. The van der Waals surface area contributed by atoms with Crippen LogP contribution in [0.5, 0.6) is 0 Å². The second kappa shape index (κ2) is 1.37. The number of carboxylic acid groups (broad SMARTS) is 1. The molecule has 0 aliphatic heterocycles. The molecule has 0 aromatic rings. The summed E-state index contributed by atoms with van der Waals surface area (Å²) in [6.45, 7) is 7.96. The molecule has 0 saturated heterocycles. The number of hydrogen-bond donors (Lipinski definition) is 1. The molecule has 0 aromatic carbocycles. The van der Waals surface area contributed by atoms with Gasteiger partial charge < -0.3 is 5.11 Å². The molecule has 2 heteroatoms. The van der Waals surface area contributed by atoms with Crippen molar-refractivity contribution in [3.63, 3.8) is 0 Å². The van der Waals surface area contributed by atoms with Gasteiger partial charge in [-0.15, -0.1) is 0 Å². The van der Waals surface area contributed by atoms with Gasteiger partial charge in [-0.25, -0.2) is 4.79 Å². The standard InChI is InChI=1S/C5H7O2/c1-5(2,3)4(6)7/h1-2H2,3H3/q+1/p+1. The van der Waals surface area contributed by atoms with Gasteiger partial charge in [0.05, 0.1) is 0 Å². The number of rotatable bonds is 1. The van der Waals surface area contributed by atoms with Gasteiger partial charge in [-0.05, 0) is 0 Å². The molecule has 0 aliphatic carbocycles. The SMILES string of the molecule is [CH2+]C([CH2+])(C)C(=O)O. The summed E-state index contributed by atoms with van der Waals surface area (Å²) in [5, 5.41) is 8.12. The maximum absolute atomic E-state index is 9.90. The fourth-order valence-electron chi connectivity index (χ4n) is 0. The van der Waals surface area contributed by atoms with E-state index in [0.29, 0.717) is 0 Å². The minimum atomic E-state index is -1.08. The minimum Gasteiger partial charge on any atom is -0.474 e. The van der Waals surface area contributed by atoms with Gasteiger partial charge in [-0.3, -0.25) is 0 Å². The zero-order valence-electron chi connectivity index (χ0n) is 4.27. The Kier molecular flexibility index (Phi) is 1.22. The number of carbonyl (C=O) groups is 1. The van der Waals surface area contributed by atoms with Gasteiger partial charge in [0.2, 0.25) is 0 Å². The zero-order valence-corrected chi connectivity index (χ0v) is 4.27. The summed E-state index contributed by atoms with van der Waals surface area (Å²) in [6, 6.07) is 0. The predicted molar refractivity (Wildman–Crippen MR) is 26.5 cm³/mol. The Bertz CT molecular complexity index is 78.6. The Morgan fingerprint density at radius 1 is 1.71 bits per heavy atom. The lowest BCUT2D eigenvalue weighted by atomic mass is 9.98. The average Bonchev–Trinajstić information content (AvgIpc) is 1.31. The lowest BCUT2D eigenvalue weighted by Crippen LogP contribution is -2.19. The van der Waals surface area contributed by atoms with Crippen LogP contribution in [0.25, 0.3) is 0 Å². The van der Waals surface area contributed by atoms with Crippen LogP contribution in [-0.4, -0.2) is 11.1 Å². The van der Waals surface area contributed by atoms with Crippen LogP contribution in [0, 0.1) is 19.3 Å². The van der Waals surface area contributed by atoms with Crippen LogP contribution in [0.3, 0.4) is 0 Å². The first-order valence-electron chi connectivity index (χ1n) is 1.88. The highest BCUT2D eigenvalue weighted by Gasteiger charge is 2.36. The number of aliphatic carboxylic acids is 1. The molecule has 0 rings (SSSR count). The van der Waals surface area contributed by atoms with Crippen molar-refractivity contribution < 1.29 is 9.90 Å². The van der Waals surface area contributed by atoms with Crippen molar-refractivity contribution in [1.29, 1.82) is 0 Å². The topological polar surface area (TPSA) is 37.3 Å². The van der Waals surface area contributed by atoms with Gasteiger partial charge >= 0.3 is 11.4 Å². The molecule has 0 fully saturated rings. The molecule has 0 aromatic heterocycles. The zero-order chi connectivity index (χ0) is 6.08. The summed E-state index contributed by atoms with van der Waals surface area (Å²) in [5.41, 5.74) is -1.08. The quantitative estimate of drug-likeness (QED) is 0.493. The van der Waals surface area contributed by atoms with Crippen molar-refractivity contribution in [2.24, 2.45) is 5.41 Å². The Morgan fingerprint density at radius 3 is 1.86 bits per heavy atom. The Balaban J connectivity index is 3.79. The van der Waals surface area contributed by atoms with Crippen LogP contribution in [-0.2, 0) is 4.79 Å². The van der Waals surface area contributed by atoms with Crippen molar-refractivity contribution in [3.8, 4) is 0 Å². The van der Waals surface area contributed by atoms with E-state index in [-0.39, 0.29) is 0 Å². The number of carboxylic acids is 1. The van der Waals surface area contributed by atoms with E-state index in [0.717, 1.165) is 0 Å². The summed E-state index contributed by atoms with van der Waals surface area (Å²) in [5.74, 6) is -0.979. The average molecular weight is 100 g/mol. The second-order valence-electron chi connectivity index (χ2n) is 1.87. The van der Waals surface area contributed by atoms with Crippen LogP contribution >= 0.6 is 0 Å². The van der Waals surface area contributed by atoms with Gasteiger partial charge in [0, 0.05) is 6.92 Å². The highest BCUT2D eigenvalue weighted by Crippen LogP contribution is 2.09. The van der Waals surface area contributed by atoms with E-state index >= 15 is 0 Å². The normalized spacial score (nSPS) is 11.0. The Labute approximate surface area is 43.2 Å². The molecule has 0 saturated carbocycles. The molecular weight excluding hydrogens is 92.1 g/mol. The van der Waals surface area contributed by atoms with Crippen molar-refractivity contribution in [1.82, 2.24) is 0 Å². The molecule has 0 spiro atoms. The van der Waals surface area contributed by atoms with Gasteiger partial charge in [0.25, 0.3) is 0 Å². The smallest absolute Gasteiger partial charge is 0.402 e. The first kappa shape index (κ1) is 6.21. The molecule has 0 unspecified atom stereocenters. The Hall–Kier alpha value is -0.790. The van der Waals surface area contributed by atoms with Gasteiger partial charge in [-0.1, -0.05) is 0 Å². The lowest BCUT2D eigenvalue weighted by molar-refractivity contribution is -0.143. The van der Waals surface area contributed by atoms with E-state index in [1.165, 1.54) is 6.92 Å². The third-order valence-corrected chi connectivity index (χ3v) is 0.516. The van der Waals surface area contributed by atoms with Crippen LogP contribution in [0.2, 0.25) is 0 Å². The maximum atomic E-state index is 9.90. The van der Waals surface area contributed by atoms with E-state index < -0.39 is 11.4 Å². The molecule has 0 aliphatic rings. The van der Waals surface area contributed by atoms with Crippen molar-refractivity contribution >= 4 is 5.97 Å². The van der Waals surface area contributed by atoms with E-state index in [9.17, 15) is 4.79 Å². The van der Waals surface area contributed by atoms with Gasteiger partial charge in [-0.2, -0.15) is 0 Å². The monoisotopic (exact) mass is 100 g/mol. The third kappa shape index (κ3) is 1.98. The van der Waals surface area contributed by atoms with Crippen molar-refractivity contribution in [2.45, 2.75) is 6.92 Å². The maximum Gasteiger partial charge on any atom is 0.402 e. The Morgan fingerprint density at radius 2 is 1.86 bits per heavy atom. The molecule has 0 amide bonds. The molecule has 38 valence electrons. The molecule has 2 nitrogen and oxygen atoms in total. The van der Waals surface area contributed by atoms with Crippen LogP contribution in [0.1, 0.15) is 6.92 Å². The molecular formula is C5H8O2+2. The molecule has 0 heterocycles. The number of hydrogen-bond acceptors (Lipinski definition) is 1. The van der Waals surface area contributed by atoms with Gasteiger partial charge in [0.1, 0.15) is 13.8 Å². The highest BCUT2D eigenvalue weighted by atomic mass is 16.4. The third-order valence-electron chi connectivity index (χ3n) is 0.516. The highest BCUT2D eigenvalue weighted by molar-refractivity contribution is 5.75. The molecule has 0 radical (unpaired) electrons. The summed E-state index contributed by atoms with van der Waals surface area (Å²) in [4.78, 5) is 9.90. The summed E-state index contributed by atoms with van der Waals surface area (Å²) < 4.78 is 0. The summed E-state index contributed by atoms with van der Waals surface area (Å²) >= 11 is 0. The molecule has 0 atom stereocenters. The fourth-order valence-corrected chi connectivity index (χ4v) is 0. The molecule has 0 bridgehead atoms. The molecule has 7 heavy (non-hydrogen) atoms.